The Hall–Kier alpha value is -2.90. The molecule has 2 saturated heterocycles. The van der Waals surface area contributed by atoms with Crippen molar-refractivity contribution in [3.63, 3.8) is 0 Å². The predicted molar refractivity (Wildman–Crippen MR) is 128 cm³/mol. The maximum Gasteiger partial charge on any atom is 0.138 e. The molecule has 5 heterocycles. The second kappa shape index (κ2) is 8.22. The summed E-state index contributed by atoms with van der Waals surface area (Å²) in [4.78, 5) is 10.0. The van der Waals surface area contributed by atoms with Gasteiger partial charge in [-0.3, -0.25) is 5.10 Å². The van der Waals surface area contributed by atoms with Gasteiger partial charge in [0.05, 0.1) is 36.1 Å². The van der Waals surface area contributed by atoms with E-state index < -0.39 is 0 Å². The number of H-pyrrole nitrogens is 1. The van der Waals surface area contributed by atoms with Crippen LogP contribution in [0.4, 0.5) is 5.82 Å². The molecular weight excluding hydrogens is 400 g/mol. The van der Waals surface area contributed by atoms with Crippen molar-refractivity contribution < 1.29 is 4.74 Å². The first-order valence-corrected chi connectivity index (χ1v) is 11.7. The summed E-state index contributed by atoms with van der Waals surface area (Å²) < 4.78 is 8.07. The molecule has 6 rings (SSSR count). The third-order valence-electron chi connectivity index (χ3n) is 7.11. The van der Waals surface area contributed by atoms with E-state index in [1.165, 1.54) is 36.8 Å². The molecule has 7 heteroatoms. The van der Waals surface area contributed by atoms with Crippen LogP contribution in [0.2, 0.25) is 0 Å². The average Bonchev–Trinajstić information content (AvgIpc) is 3.48. The third kappa shape index (κ3) is 3.55. The van der Waals surface area contributed by atoms with Crippen LogP contribution in [0.3, 0.4) is 0 Å². The van der Waals surface area contributed by atoms with Crippen molar-refractivity contribution in [3.8, 4) is 11.3 Å². The Morgan fingerprint density at radius 2 is 1.91 bits per heavy atom. The van der Waals surface area contributed by atoms with Gasteiger partial charge >= 0.3 is 0 Å². The van der Waals surface area contributed by atoms with E-state index in [4.69, 9.17) is 9.72 Å². The summed E-state index contributed by atoms with van der Waals surface area (Å²) in [5.74, 6) is 1.80. The number of pyridine rings is 1. The minimum absolute atomic E-state index is 0.725. The van der Waals surface area contributed by atoms with E-state index in [-0.39, 0.29) is 0 Å². The molecule has 166 valence electrons. The molecule has 0 atom stereocenters. The molecule has 0 radical (unpaired) electrons. The lowest BCUT2D eigenvalue weighted by Gasteiger charge is -2.30. The number of aromatic amines is 1. The van der Waals surface area contributed by atoms with Gasteiger partial charge in [-0.2, -0.15) is 5.10 Å². The third-order valence-corrected chi connectivity index (χ3v) is 7.11. The van der Waals surface area contributed by atoms with Gasteiger partial charge in [-0.1, -0.05) is 12.1 Å². The Labute approximate surface area is 188 Å². The maximum absolute atomic E-state index is 5.62. The summed E-state index contributed by atoms with van der Waals surface area (Å²) in [5, 5.41) is 9.71. The number of likely N-dealkylation sites (tertiary alicyclic amines) is 1. The number of nitrogens with zero attached hydrogens (tertiary/aromatic N) is 5. The van der Waals surface area contributed by atoms with Crippen LogP contribution in [0, 0.1) is 5.92 Å². The quantitative estimate of drug-likeness (QED) is 0.534. The van der Waals surface area contributed by atoms with Gasteiger partial charge in [0, 0.05) is 42.2 Å². The summed E-state index contributed by atoms with van der Waals surface area (Å²) in [5.41, 5.74) is 4.45. The first kappa shape index (κ1) is 19.8. The number of piperidine rings is 1. The van der Waals surface area contributed by atoms with Gasteiger partial charge in [-0.05, 0) is 57.1 Å². The number of rotatable bonds is 4. The molecule has 0 unspecified atom stereocenters. The molecule has 0 aliphatic carbocycles. The van der Waals surface area contributed by atoms with E-state index in [9.17, 15) is 0 Å². The van der Waals surface area contributed by atoms with Gasteiger partial charge in [0.1, 0.15) is 5.82 Å². The van der Waals surface area contributed by atoms with Gasteiger partial charge in [0.2, 0.25) is 0 Å². The maximum atomic E-state index is 5.62. The summed E-state index contributed by atoms with van der Waals surface area (Å²) in [6.45, 7) is 6.71. The lowest BCUT2D eigenvalue weighted by atomic mass is 9.97. The largest absolute Gasteiger partial charge is 0.378 e. The highest BCUT2D eigenvalue weighted by atomic mass is 16.5. The predicted octanol–water partition coefficient (Wildman–Crippen LogP) is 3.76. The van der Waals surface area contributed by atoms with Crippen LogP contribution in [0.15, 0.2) is 42.7 Å². The normalized spacial score (nSPS) is 18.7. The van der Waals surface area contributed by atoms with Crippen molar-refractivity contribution >= 4 is 27.6 Å². The Kier molecular flexibility index (Phi) is 5.08. The van der Waals surface area contributed by atoms with E-state index in [0.717, 1.165) is 66.7 Å². The summed E-state index contributed by atoms with van der Waals surface area (Å²) in [6, 6.07) is 10.8. The average molecular weight is 431 g/mol. The van der Waals surface area contributed by atoms with E-state index in [0.29, 0.717) is 0 Å². The molecular formula is C25H30N6O. The van der Waals surface area contributed by atoms with Crippen LogP contribution in [-0.2, 0) is 11.3 Å². The van der Waals surface area contributed by atoms with Crippen LogP contribution < -0.4 is 4.90 Å². The van der Waals surface area contributed by atoms with Crippen LogP contribution >= 0.6 is 0 Å². The summed E-state index contributed by atoms with van der Waals surface area (Å²) in [6.07, 6.45) is 6.69. The number of morpholine rings is 1. The Morgan fingerprint density at radius 3 is 2.75 bits per heavy atom. The lowest BCUT2D eigenvalue weighted by Crippen LogP contribution is -2.36. The molecule has 0 saturated carbocycles. The zero-order valence-corrected chi connectivity index (χ0v) is 18.6. The van der Waals surface area contributed by atoms with Gasteiger partial charge in [-0.25, -0.2) is 4.98 Å². The molecule has 2 aliphatic rings. The fourth-order valence-corrected chi connectivity index (χ4v) is 5.20. The molecule has 2 fully saturated rings. The number of fused-ring (bicyclic) bond motifs is 2. The van der Waals surface area contributed by atoms with Gasteiger partial charge in [-0.15, -0.1) is 0 Å². The molecule has 1 N–H and O–H groups in total. The van der Waals surface area contributed by atoms with Crippen molar-refractivity contribution in [2.24, 2.45) is 5.92 Å². The van der Waals surface area contributed by atoms with Crippen molar-refractivity contribution in [3.05, 3.63) is 42.7 Å². The summed E-state index contributed by atoms with van der Waals surface area (Å²) in [7, 11) is 2.23. The topological polar surface area (TPSA) is 62.2 Å². The molecule has 4 aromatic rings. The van der Waals surface area contributed by atoms with Crippen LogP contribution in [0.5, 0.6) is 0 Å². The van der Waals surface area contributed by atoms with Crippen molar-refractivity contribution in [1.82, 2.24) is 24.6 Å². The molecule has 32 heavy (non-hydrogen) atoms. The van der Waals surface area contributed by atoms with E-state index in [1.807, 2.05) is 6.20 Å². The highest BCUT2D eigenvalue weighted by Crippen LogP contribution is 2.34. The number of hydrogen-bond donors (Lipinski definition) is 1. The molecule has 7 nitrogen and oxygen atoms in total. The van der Waals surface area contributed by atoms with Crippen molar-refractivity contribution in [1.29, 1.82) is 0 Å². The minimum Gasteiger partial charge on any atom is -0.378 e. The zero-order chi connectivity index (χ0) is 21.5. The Bertz CT molecular complexity index is 1230. The Balaban J connectivity index is 1.46. The highest BCUT2D eigenvalue weighted by Gasteiger charge is 2.22. The molecule has 0 amide bonds. The second-order valence-electron chi connectivity index (χ2n) is 9.21. The number of benzene rings is 1. The first-order valence-electron chi connectivity index (χ1n) is 11.7. The fraction of sp³-hybridized carbons (Fsp3) is 0.440. The highest BCUT2D eigenvalue weighted by molar-refractivity contribution is 5.98. The molecule has 3 aromatic heterocycles. The molecule has 2 aliphatic heterocycles. The van der Waals surface area contributed by atoms with E-state index in [2.05, 4.69) is 68.1 Å². The van der Waals surface area contributed by atoms with Crippen LogP contribution in [0.25, 0.3) is 33.1 Å². The fourth-order valence-electron chi connectivity index (χ4n) is 5.20. The van der Waals surface area contributed by atoms with Gasteiger partial charge < -0.3 is 19.1 Å². The van der Waals surface area contributed by atoms with E-state index in [1.54, 1.807) is 0 Å². The van der Waals surface area contributed by atoms with Crippen molar-refractivity contribution in [2.45, 2.75) is 19.4 Å². The van der Waals surface area contributed by atoms with Crippen LogP contribution in [0.1, 0.15) is 12.8 Å². The van der Waals surface area contributed by atoms with Crippen LogP contribution in [-0.4, -0.2) is 71.1 Å². The zero-order valence-electron chi connectivity index (χ0n) is 18.6. The lowest BCUT2D eigenvalue weighted by molar-refractivity contribution is 0.122. The Morgan fingerprint density at radius 1 is 1.06 bits per heavy atom. The smallest absolute Gasteiger partial charge is 0.138 e. The summed E-state index contributed by atoms with van der Waals surface area (Å²) >= 11 is 0. The number of ether oxygens (including phenoxy) is 1. The van der Waals surface area contributed by atoms with Gasteiger partial charge in [0.25, 0.3) is 0 Å². The van der Waals surface area contributed by atoms with Gasteiger partial charge in [0.15, 0.2) is 0 Å². The molecule has 1 aromatic carbocycles. The standard InChI is InChI=1S/C25H30N6O/c1-29-8-5-18(6-9-29)17-31-10-7-20-24(31)15-23(27-25(20)30-11-13-32-14-12-30)19-3-2-4-22-21(19)16-26-28-22/h2-4,7,10,15-16,18H,5-6,8-9,11-14,17H2,1H3,(H,26,28). The monoisotopic (exact) mass is 430 g/mol. The number of anilines is 1. The molecule has 0 spiro atoms. The minimum atomic E-state index is 0.725. The SMILES string of the molecule is CN1CCC(Cn2ccc3c(N4CCOCC4)nc(-c4cccc5[nH]ncc45)cc32)CC1. The van der Waals surface area contributed by atoms with E-state index >= 15 is 0 Å². The number of hydrogen-bond acceptors (Lipinski definition) is 5. The second-order valence-corrected chi connectivity index (χ2v) is 9.21. The number of nitrogens with one attached hydrogen (secondary N) is 1. The number of aromatic nitrogens is 4. The van der Waals surface area contributed by atoms with Crippen molar-refractivity contribution in [2.75, 3.05) is 51.3 Å². The molecule has 0 bridgehead atoms. The first-order chi connectivity index (χ1) is 15.8.